The molecular weight excluding hydrogens is 463 g/mol. The summed E-state index contributed by atoms with van der Waals surface area (Å²) in [5.41, 5.74) is 0. The van der Waals surface area contributed by atoms with Crippen LogP contribution in [0.4, 0.5) is 0 Å². The summed E-state index contributed by atoms with van der Waals surface area (Å²) in [4.78, 5) is 10.3. The smallest absolute Gasteiger partial charge is 0.193 e. The first-order valence-electron chi connectivity index (χ1n) is 11.0. The minimum atomic E-state index is 0. The Morgan fingerprint density at radius 2 is 2.11 bits per heavy atom. The standard InChI is InChI=1S/C22H36N4O.HI/c1-17(2)15-24-22(23-11-9-20-6-4-14-27-20)25-13-10-21-18(16-25)5-3-12-26(21)19-7-8-19;/h4,6,14,17-19,21H,3,5,7-13,15-16H2,1-2H3,(H,23,24);1H. The third-order valence-electron chi connectivity index (χ3n) is 6.27. The number of aliphatic imine (C=N–C) groups is 1. The minimum absolute atomic E-state index is 0. The van der Waals surface area contributed by atoms with Crippen LogP contribution in [0.5, 0.6) is 0 Å². The molecule has 2 atom stereocenters. The molecule has 1 N–H and O–H groups in total. The lowest BCUT2D eigenvalue weighted by Gasteiger charge is -2.48. The van der Waals surface area contributed by atoms with Gasteiger partial charge in [-0.15, -0.1) is 24.0 Å². The van der Waals surface area contributed by atoms with Crippen LogP contribution in [0, 0.1) is 11.8 Å². The van der Waals surface area contributed by atoms with Crippen LogP contribution in [0.25, 0.3) is 0 Å². The van der Waals surface area contributed by atoms with Crippen LogP contribution in [-0.4, -0.2) is 60.6 Å². The predicted molar refractivity (Wildman–Crippen MR) is 125 cm³/mol. The molecule has 1 aromatic rings. The molecule has 1 aliphatic carbocycles. The van der Waals surface area contributed by atoms with Gasteiger partial charge in [-0.2, -0.15) is 0 Å². The van der Waals surface area contributed by atoms with Crippen molar-refractivity contribution in [1.82, 2.24) is 15.1 Å². The first kappa shape index (κ1) is 21.9. The molecule has 3 fully saturated rings. The van der Waals surface area contributed by atoms with Gasteiger partial charge < -0.3 is 14.6 Å². The molecule has 158 valence electrons. The summed E-state index contributed by atoms with van der Waals surface area (Å²) < 4.78 is 5.47. The molecule has 6 heteroatoms. The number of fused-ring (bicyclic) bond motifs is 1. The summed E-state index contributed by atoms with van der Waals surface area (Å²) in [5, 5.41) is 3.63. The number of furan rings is 1. The maximum absolute atomic E-state index is 5.47. The fourth-order valence-electron chi connectivity index (χ4n) is 4.78. The Balaban J connectivity index is 0.00000225. The quantitative estimate of drug-likeness (QED) is 0.365. The van der Waals surface area contributed by atoms with Crippen molar-refractivity contribution in [3.8, 4) is 0 Å². The Kier molecular flexibility index (Phi) is 8.09. The zero-order valence-corrected chi connectivity index (χ0v) is 19.8. The van der Waals surface area contributed by atoms with E-state index in [0.717, 1.165) is 55.8 Å². The van der Waals surface area contributed by atoms with E-state index in [4.69, 9.17) is 9.41 Å². The molecule has 0 radical (unpaired) electrons. The fourth-order valence-corrected chi connectivity index (χ4v) is 4.78. The summed E-state index contributed by atoms with van der Waals surface area (Å²) in [6.45, 7) is 9.88. The molecule has 2 unspecified atom stereocenters. The Bertz CT molecular complexity index is 614. The molecule has 0 bridgehead atoms. The molecule has 1 aromatic heterocycles. The Hall–Kier alpha value is -0.760. The van der Waals surface area contributed by atoms with Gasteiger partial charge in [0, 0.05) is 44.7 Å². The number of likely N-dealkylation sites (tertiary alicyclic amines) is 2. The molecule has 5 nitrogen and oxygen atoms in total. The van der Waals surface area contributed by atoms with Crippen LogP contribution >= 0.6 is 24.0 Å². The molecule has 0 aromatic carbocycles. The Labute approximate surface area is 187 Å². The second kappa shape index (κ2) is 10.3. The van der Waals surface area contributed by atoms with Crippen LogP contribution in [0.2, 0.25) is 0 Å². The number of guanidine groups is 1. The van der Waals surface area contributed by atoms with Crippen molar-refractivity contribution < 1.29 is 4.42 Å². The van der Waals surface area contributed by atoms with Gasteiger partial charge in [-0.1, -0.05) is 13.8 Å². The topological polar surface area (TPSA) is 44.0 Å². The molecule has 3 heterocycles. The lowest BCUT2D eigenvalue weighted by atomic mass is 9.83. The van der Waals surface area contributed by atoms with Gasteiger partial charge in [0.15, 0.2) is 5.96 Å². The molecule has 2 aliphatic heterocycles. The summed E-state index contributed by atoms with van der Waals surface area (Å²) in [6, 6.07) is 5.73. The van der Waals surface area contributed by atoms with Crippen molar-refractivity contribution in [3.63, 3.8) is 0 Å². The summed E-state index contributed by atoms with van der Waals surface area (Å²) in [6.07, 6.45) is 9.57. The fraction of sp³-hybridized carbons (Fsp3) is 0.773. The van der Waals surface area contributed by atoms with Crippen molar-refractivity contribution in [2.75, 3.05) is 32.7 Å². The number of rotatable bonds is 6. The summed E-state index contributed by atoms with van der Waals surface area (Å²) in [7, 11) is 0. The van der Waals surface area contributed by atoms with Crippen molar-refractivity contribution in [2.24, 2.45) is 16.8 Å². The zero-order valence-electron chi connectivity index (χ0n) is 17.5. The Morgan fingerprint density at radius 3 is 2.82 bits per heavy atom. The van der Waals surface area contributed by atoms with Gasteiger partial charge in [0.05, 0.1) is 6.26 Å². The number of hydrogen-bond acceptors (Lipinski definition) is 3. The molecule has 1 saturated carbocycles. The van der Waals surface area contributed by atoms with Crippen LogP contribution in [0.3, 0.4) is 0 Å². The van der Waals surface area contributed by atoms with Crippen molar-refractivity contribution in [3.05, 3.63) is 24.2 Å². The highest BCUT2D eigenvalue weighted by Crippen LogP contribution is 2.38. The molecular formula is C22H37IN4O. The molecule has 0 amide bonds. The van der Waals surface area contributed by atoms with Gasteiger partial charge in [0.2, 0.25) is 0 Å². The van der Waals surface area contributed by atoms with Crippen LogP contribution in [0.15, 0.2) is 27.8 Å². The number of nitrogens with one attached hydrogen (secondary N) is 1. The summed E-state index contributed by atoms with van der Waals surface area (Å²) >= 11 is 0. The molecule has 4 rings (SSSR count). The molecule has 3 aliphatic rings. The average molecular weight is 500 g/mol. The maximum Gasteiger partial charge on any atom is 0.193 e. The van der Waals surface area contributed by atoms with Gasteiger partial charge in [-0.05, 0) is 62.6 Å². The van der Waals surface area contributed by atoms with E-state index in [-0.39, 0.29) is 24.0 Å². The van der Waals surface area contributed by atoms with Crippen LogP contribution in [-0.2, 0) is 6.42 Å². The zero-order chi connectivity index (χ0) is 18.6. The second-order valence-electron chi connectivity index (χ2n) is 8.99. The molecule has 2 saturated heterocycles. The van der Waals surface area contributed by atoms with Gasteiger partial charge in [0.25, 0.3) is 0 Å². The lowest BCUT2D eigenvalue weighted by Crippen LogP contribution is -2.57. The first-order valence-corrected chi connectivity index (χ1v) is 11.0. The van der Waals surface area contributed by atoms with E-state index < -0.39 is 0 Å². The first-order chi connectivity index (χ1) is 13.2. The highest BCUT2D eigenvalue weighted by molar-refractivity contribution is 14.0. The SMILES string of the molecule is CC(C)CN=C(NCCc1ccco1)N1CCC2C(CCCN2C2CC2)C1.I. The molecule has 28 heavy (non-hydrogen) atoms. The number of nitrogens with zero attached hydrogens (tertiary/aromatic N) is 3. The van der Waals surface area contributed by atoms with Crippen molar-refractivity contribution >= 4 is 29.9 Å². The number of piperidine rings is 2. The normalized spacial score (nSPS) is 26.1. The van der Waals surface area contributed by atoms with E-state index in [0.29, 0.717) is 5.92 Å². The van der Waals surface area contributed by atoms with E-state index in [1.165, 1.54) is 45.2 Å². The third-order valence-corrected chi connectivity index (χ3v) is 6.27. The predicted octanol–water partition coefficient (Wildman–Crippen LogP) is 3.99. The van der Waals surface area contributed by atoms with E-state index in [1.807, 2.05) is 12.1 Å². The number of halogens is 1. The largest absolute Gasteiger partial charge is 0.469 e. The van der Waals surface area contributed by atoms with Crippen LogP contribution in [0.1, 0.15) is 51.7 Å². The minimum Gasteiger partial charge on any atom is -0.469 e. The second-order valence-corrected chi connectivity index (χ2v) is 8.99. The van der Waals surface area contributed by atoms with Crippen molar-refractivity contribution in [2.45, 2.75) is 64.5 Å². The summed E-state index contributed by atoms with van der Waals surface area (Å²) in [5.74, 6) is 3.54. The molecule has 0 spiro atoms. The van der Waals surface area contributed by atoms with E-state index in [2.05, 4.69) is 29.0 Å². The van der Waals surface area contributed by atoms with Gasteiger partial charge >= 0.3 is 0 Å². The monoisotopic (exact) mass is 500 g/mol. The van der Waals surface area contributed by atoms with E-state index >= 15 is 0 Å². The average Bonchev–Trinajstić information content (AvgIpc) is 3.39. The highest BCUT2D eigenvalue weighted by Gasteiger charge is 2.42. The van der Waals surface area contributed by atoms with Gasteiger partial charge in [0.1, 0.15) is 5.76 Å². The highest BCUT2D eigenvalue weighted by atomic mass is 127. The van der Waals surface area contributed by atoms with E-state index in [9.17, 15) is 0 Å². The van der Waals surface area contributed by atoms with E-state index in [1.54, 1.807) is 6.26 Å². The maximum atomic E-state index is 5.47. The van der Waals surface area contributed by atoms with Gasteiger partial charge in [-0.25, -0.2) is 0 Å². The van der Waals surface area contributed by atoms with Gasteiger partial charge in [-0.3, -0.25) is 9.89 Å². The van der Waals surface area contributed by atoms with Crippen molar-refractivity contribution in [1.29, 1.82) is 0 Å². The Morgan fingerprint density at radius 1 is 1.25 bits per heavy atom. The van der Waals surface area contributed by atoms with Crippen LogP contribution < -0.4 is 5.32 Å². The lowest BCUT2D eigenvalue weighted by molar-refractivity contribution is 0.0369. The number of hydrogen-bond donors (Lipinski definition) is 1. The third kappa shape index (κ3) is 5.65.